The van der Waals surface area contributed by atoms with Crippen LogP contribution in [0.5, 0.6) is 5.75 Å². The highest BCUT2D eigenvalue weighted by atomic mass is 16.5. The summed E-state index contributed by atoms with van der Waals surface area (Å²) in [4.78, 5) is 4.81. The van der Waals surface area contributed by atoms with Gasteiger partial charge in [-0.1, -0.05) is 0 Å². The highest BCUT2D eigenvalue weighted by molar-refractivity contribution is 5.58. The van der Waals surface area contributed by atoms with Gasteiger partial charge in [0.1, 0.15) is 17.3 Å². The number of aliphatic hydroxyl groups excluding tert-OH is 1. The van der Waals surface area contributed by atoms with E-state index in [0.717, 1.165) is 74.8 Å². The van der Waals surface area contributed by atoms with Crippen LogP contribution in [0.3, 0.4) is 0 Å². The molecule has 0 bridgehead atoms. The van der Waals surface area contributed by atoms with Crippen LogP contribution in [0.2, 0.25) is 0 Å². The van der Waals surface area contributed by atoms with E-state index in [1.807, 2.05) is 30.3 Å². The first kappa shape index (κ1) is 18.5. The summed E-state index contributed by atoms with van der Waals surface area (Å²) in [5, 5.41) is 10.7. The summed E-state index contributed by atoms with van der Waals surface area (Å²) >= 11 is 0. The van der Waals surface area contributed by atoms with E-state index in [2.05, 4.69) is 22.9 Å². The second-order valence-electron chi connectivity index (χ2n) is 8.21. The summed E-state index contributed by atoms with van der Waals surface area (Å²) in [6.45, 7) is 4.79. The Hall–Kier alpha value is -1.82. The van der Waals surface area contributed by atoms with Crippen LogP contribution >= 0.6 is 0 Å². The van der Waals surface area contributed by atoms with Crippen molar-refractivity contribution < 1.29 is 14.3 Å². The summed E-state index contributed by atoms with van der Waals surface area (Å²) in [5.74, 6) is 2.72. The molecule has 27 heavy (non-hydrogen) atoms. The predicted octanol–water partition coefficient (Wildman–Crippen LogP) is 3.23. The Balaban J connectivity index is 1.44. The quantitative estimate of drug-likeness (QED) is 0.895. The van der Waals surface area contributed by atoms with E-state index >= 15 is 0 Å². The van der Waals surface area contributed by atoms with Crippen LogP contribution < -0.4 is 4.74 Å². The number of aliphatic hydroxyl groups is 1. The summed E-state index contributed by atoms with van der Waals surface area (Å²) in [5.41, 5.74) is 1.07. The van der Waals surface area contributed by atoms with Crippen molar-refractivity contribution in [3.63, 3.8) is 0 Å². The molecule has 5 nitrogen and oxygen atoms in total. The fraction of sp³-hybridized carbons (Fsp3) is 0.545. The maximum atomic E-state index is 10.7. The lowest BCUT2D eigenvalue weighted by Gasteiger charge is -2.50. The molecule has 2 aliphatic rings. The topological polar surface area (TPSA) is 49.1 Å². The van der Waals surface area contributed by atoms with Gasteiger partial charge in [-0.15, -0.1) is 0 Å². The summed E-state index contributed by atoms with van der Waals surface area (Å²) in [7, 11) is 3.84. The zero-order chi connectivity index (χ0) is 18.9. The van der Waals surface area contributed by atoms with Crippen LogP contribution in [0, 0.1) is 5.41 Å². The van der Waals surface area contributed by atoms with Crippen molar-refractivity contribution in [2.75, 3.05) is 40.3 Å². The number of hydrogen-bond donors (Lipinski definition) is 1. The van der Waals surface area contributed by atoms with E-state index in [0.29, 0.717) is 0 Å². The van der Waals surface area contributed by atoms with Gasteiger partial charge in [-0.25, -0.2) is 0 Å². The van der Waals surface area contributed by atoms with Crippen LogP contribution in [0.25, 0.3) is 11.3 Å². The Labute approximate surface area is 161 Å². The number of ether oxygens (including phenoxy) is 1. The number of methoxy groups -OCH3 is 1. The van der Waals surface area contributed by atoms with Crippen molar-refractivity contribution in [1.82, 2.24) is 9.80 Å². The molecule has 0 unspecified atom stereocenters. The normalized spacial score (nSPS) is 27.1. The van der Waals surface area contributed by atoms with E-state index in [4.69, 9.17) is 9.15 Å². The zero-order valence-corrected chi connectivity index (χ0v) is 16.4. The number of benzene rings is 1. The monoisotopic (exact) mass is 370 g/mol. The average Bonchev–Trinajstić information content (AvgIpc) is 3.14. The molecule has 2 aliphatic heterocycles. The molecule has 0 radical (unpaired) electrons. The zero-order valence-electron chi connectivity index (χ0n) is 16.4. The minimum Gasteiger partial charge on any atom is -0.497 e. The van der Waals surface area contributed by atoms with Gasteiger partial charge in [0.2, 0.25) is 0 Å². The Kier molecular flexibility index (Phi) is 5.26. The molecule has 2 fully saturated rings. The molecule has 1 aromatic carbocycles. The average molecular weight is 370 g/mol. The lowest BCUT2D eigenvalue weighted by Crippen LogP contribution is -2.58. The van der Waals surface area contributed by atoms with Gasteiger partial charge >= 0.3 is 0 Å². The fourth-order valence-electron chi connectivity index (χ4n) is 4.76. The molecule has 1 N–H and O–H groups in total. The maximum Gasteiger partial charge on any atom is 0.134 e. The van der Waals surface area contributed by atoms with Crippen molar-refractivity contribution in [1.29, 1.82) is 0 Å². The highest BCUT2D eigenvalue weighted by Gasteiger charge is 2.44. The summed E-state index contributed by atoms with van der Waals surface area (Å²) in [6.07, 6.45) is 2.94. The van der Waals surface area contributed by atoms with E-state index < -0.39 is 0 Å². The second-order valence-corrected chi connectivity index (χ2v) is 8.21. The lowest BCUT2D eigenvalue weighted by atomic mass is 9.71. The number of furan rings is 1. The molecular formula is C22H30N2O3. The Morgan fingerprint density at radius 2 is 1.96 bits per heavy atom. The van der Waals surface area contributed by atoms with E-state index in [1.165, 1.54) is 0 Å². The maximum absolute atomic E-state index is 10.7. The summed E-state index contributed by atoms with van der Waals surface area (Å²) in [6, 6.07) is 12.1. The molecular weight excluding hydrogens is 340 g/mol. The minimum atomic E-state index is -0.192. The summed E-state index contributed by atoms with van der Waals surface area (Å²) < 4.78 is 11.3. The molecule has 3 heterocycles. The second kappa shape index (κ2) is 7.66. The van der Waals surface area contributed by atoms with Crippen LogP contribution in [-0.4, -0.2) is 61.3 Å². The molecule has 1 aromatic heterocycles. The van der Waals surface area contributed by atoms with Crippen molar-refractivity contribution >= 4 is 0 Å². The van der Waals surface area contributed by atoms with E-state index in [1.54, 1.807) is 7.11 Å². The van der Waals surface area contributed by atoms with E-state index in [-0.39, 0.29) is 11.5 Å². The first-order valence-corrected chi connectivity index (χ1v) is 9.90. The molecule has 0 aliphatic carbocycles. The van der Waals surface area contributed by atoms with Gasteiger partial charge < -0.3 is 19.2 Å². The predicted molar refractivity (Wildman–Crippen MR) is 106 cm³/mol. The molecule has 146 valence electrons. The third-order valence-electron chi connectivity index (χ3n) is 6.18. The minimum absolute atomic E-state index is 0.0106. The molecule has 0 saturated carbocycles. The number of likely N-dealkylation sites (tertiary alicyclic amines) is 2. The Morgan fingerprint density at radius 1 is 1.15 bits per heavy atom. The van der Waals surface area contributed by atoms with Gasteiger partial charge in [-0.3, -0.25) is 4.90 Å². The number of hydrogen-bond acceptors (Lipinski definition) is 5. The van der Waals surface area contributed by atoms with Gasteiger partial charge in [0, 0.05) is 30.6 Å². The molecule has 0 amide bonds. The molecule has 5 heteroatoms. The third-order valence-corrected chi connectivity index (χ3v) is 6.18. The van der Waals surface area contributed by atoms with Crippen LogP contribution in [-0.2, 0) is 6.54 Å². The standard InChI is InChI=1S/C22H30N2O3/c1-23-13-10-21(25)22(15-23)11-3-12-24(16-22)14-19-8-9-20(27-19)17-4-6-18(26-2)7-5-17/h4-9,21,25H,3,10-16H2,1-2H3/t21-,22-/m0/s1. The smallest absolute Gasteiger partial charge is 0.134 e. The first-order valence-electron chi connectivity index (χ1n) is 9.90. The Morgan fingerprint density at radius 3 is 2.74 bits per heavy atom. The van der Waals surface area contributed by atoms with Gasteiger partial charge in [0.15, 0.2) is 0 Å². The lowest BCUT2D eigenvalue weighted by molar-refractivity contribution is -0.0815. The van der Waals surface area contributed by atoms with Crippen LogP contribution in [0.1, 0.15) is 25.0 Å². The van der Waals surface area contributed by atoms with Crippen molar-refractivity contribution in [3.05, 3.63) is 42.2 Å². The highest BCUT2D eigenvalue weighted by Crippen LogP contribution is 2.39. The van der Waals surface area contributed by atoms with E-state index in [9.17, 15) is 5.11 Å². The van der Waals surface area contributed by atoms with Crippen molar-refractivity contribution in [3.8, 4) is 17.1 Å². The molecule has 2 atom stereocenters. The number of rotatable bonds is 4. The van der Waals surface area contributed by atoms with Gasteiger partial charge in [-0.2, -0.15) is 0 Å². The Bertz CT molecular complexity index is 757. The SMILES string of the molecule is COc1ccc(-c2ccc(CN3CCC[C@]4(CN(C)CC[C@@H]4O)C3)o2)cc1. The van der Waals surface area contributed by atoms with Crippen LogP contribution in [0.4, 0.5) is 0 Å². The third kappa shape index (κ3) is 3.91. The molecule has 4 rings (SSSR count). The van der Waals surface area contributed by atoms with Crippen molar-refractivity contribution in [2.45, 2.75) is 31.9 Å². The fourth-order valence-corrected chi connectivity index (χ4v) is 4.76. The molecule has 2 aromatic rings. The van der Waals surface area contributed by atoms with Crippen molar-refractivity contribution in [2.24, 2.45) is 5.41 Å². The van der Waals surface area contributed by atoms with Gasteiger partial charge in [-0.05, 0) is 69.3 Å². The number of nitrogens with zero attached hydrogens (tertiary/aromatic N) is 2. The molecule has 1 spiro atoms. The number of piperidine rings is 2. The first-order chi connectivity index (χ1) is 13.1. The van der Waals surface area contributed by atoms with Gasteiger partial charge in [0.05, 0.1) is 19.8 Å². The van der Waals surface area contributed by atoms with Crippen LogP contribution in [0.15, 0.2) is 40.8 Å². The van der Waals surface area contributed by atoms with Gasteiger partial charge in [0.25, 0.3) is 0 Å². The largest absolute Gasteiger partial charge is 0.497 e. The molecule has 2 saturated heterocycles.